The Labute approximate surface area is 121 Å². The van der Waals surface area contributed by atoms with E-state index in [9.17, 15) is 14.5 Å². The lowest BCUT2D eigenvalue weighted by atomic mass is 10.2. The molecule has 0 aromatic heterocycles. The van der Waals surface area contributed by atoms with Crippen molar-refractivity contribution in [2.75, 3.05) is 0 Å². The summed E-state index contributed by atoms with van der Waals surface area (Å²) < 4.78 is 18.8. The molecule has 0 aliphatic heterocycles. The van der Waals surface area contributed by atoms with E-state index in [1.807, 2.05) is 0 Å². The number of rotatable bonds is 3. The summed E-state index contributed by atoms with van der Waals surface area (Å²) in [6.45, 7) is 0. The molecule has 0 aliphatic rings. The number of nitro groups is 1. The monoisotopic (exact) mass is 336 g/mol. The van der Waals surface area contributed by atoms with Crippen LogP contribution in [0.15, 0.2) is 40.9 Å². The number of benzene rings is 2. The molecule has 0 N–H and O–H groups in total. The molecular formula is C13H6BrFN2O3. The Morgan fingerprint density at radius 3 is 2.65 bits per heavy atom. The zero-order valence-corrected chi connectivity index (χ0v) is 11.4. The first-order valence-electron chi connectivity index (χ1n) is 5.32. The molecule has 20 heavy (non-hydrogen) atoms. The van der Waals surface area contributed by atoms with Gasteiger partial charge in [-0.05, 0) is 46.3 Å². The van der Waals surface area contributed by atoms with E-state index >= 15 is 0 Å². The van der Waals surface area contributed by atoms with E-state index in [0.29, 0.717) is 10.2 Å². The minimum Gasteiger partial charge on any atom is -0.456 e. The molecule has 2 rings (SSSR count). The number of nitro benzene ring substituents is 1. The Hall–Kier alpha value is -2.46. The molecule has 5 nitrogen and oxygen atoms in total. The highest BCUT2D eigenvalue weighted by molar-refractivity contribution is 9.10. The van der Waals surface area contributed by atoms with Crippen molar-refractivity contribution in [2.45, 2.75) is 0 Å². The predicted molar refractivity (Wildman–Crippen MR) is 72.0 cm³/mol. The molecule has 0 bridgehead atoms. The first kappa shape index (κ1) is 14.0. The molecule has 0 spiro atoms. The molecule has 0 saturated heterocycles. The summed E-state index contributed by atoms with van der Waals surface area (Å²) in [6.07, 6.45) is 0. The number of ether oxygens (including phenoxy) is 1. The van der Waals surface area contributed by atoms with Crippen molar-refractivity contribution >= 4 is 21.6 Å². The summed E-state index contributed by atoms with van der Waals surface area (Å²) in [5, 5.41) is 19.6. The van der Waals surface area contributed by atoms with Crippen molar-refractivity contribution in [3.05, 3.63) is 62.4 Å². The Balaban J connectivity index is 2.37. The maximum absolute atomic E-state index is 12.9. The first-order valence-corrected chi connectivity index (χ1v) is 6.12. The van der Waals surface area contributed by atoms with Crippen LogP contribution in [0.25, 0.3) is 0 Å². The van der Waals surface area contributed by atoms with Crippen molar-refractivity contribution in [3.8, 4) is 17.6 Å². The lowest BCUT2D eigenvalue weighted by molar-refractivity contribution is -0.385. The number of nitriles is 1. The summed E-state index contributed by atoms with van der Waals surface area (Å²) in [7, 11) is 0. The van der Waals surface area contributed by atoms with Crippen molar-refractivity contribution in [1.82, 2.24) is 0 Å². The number of hydrogen-bond acceptors (Lipinski definition) is 4. The van der Waals surface area contributed by atoms with Crippen LogP contribution >= 0.6 is 15.9 Å². The highest BCUT2D eigenvalue weighted by Gasteiger charge is 2.15. The van der Waals surface area contributed by atoms with Gasteiger partial charge in [0.2, 0.25) is 0 Å². The lowest BCUT2D eigenvalue weighted by Crippen LogP contribution is -1.94. The average Bonchev–Trinajstić information content (AvgIpc) is 2.41. The van der Waals surface area contributed by atoms with E-state index in [1.165, 1.54) is 30.3 Å². The Bertz CT molecular complexity index is 728. The molecule has 0 heterocycles. The average molecular weight is 337 g/mol. The third-order valence-electron chi connectivity index (χ3n) is 2.41. The minimum absolute atomic E-state index is 0.0551. The molecule has 0 aliphatic carbocycles. The highest BCUT2D eigenvalue weighted by Crippen LogP contribution is 2.32. The van der Waals surface area contributed by atoms with E-state index < -0.39 is 10.7 Å². The predicted octanol–water partition coefficient (Wildman–Crippen LogP) is 4.16. The second kappa shape index (κ2) is 5.67. The van der Waals surface area contributed by atoms with E-state index in [2.05, 4.69) is 15.9 Å². The summed E-state index contributed by atoms with van der Waals surface area (Å²) in [4.78, 5) is 10.2. The standard InChI is InChI=1S/C13H6BrFN2O3/c14-11-5-9(15)2-4-13(11)20-10-3-1-8(7-16)12(6-10)17(18)19/h1-6H. The van der Waals surface area contributed by atoms with Crippen LogP contribution in [0.3, 0.4) is 0 Å². The lowest BCUT2D eigenvalue weighted by Gasteiger charge is -2.07. The van der Waals surface area contributed by atoms with Gasteiger partial charge in [0.25, 0.3) is 5.69 Å². The smallest absolute Gasteiger partial charge is 0.290 e. The Kier molecular flexibility index (Phi) is 3.96. The third-order valence-corrected chi connectivity index (χ3v) is 3.03. The summed E-state index contributed by atoms with van der Waals surface area (Å²) in [6, 6.07) is 9.42. The summed E-state index contributed by atoms with van der Waals surface area (Å²) in [5.41, 5.74) is -0.399. The van der Waals surface area contributed by atoms with Gasteiger partial charge in [0.05, 0.1) is 15.5 Å². The Morgan fingerprint density at radius 2 is 2.05 bits per heavy atom. The van der Waals surface area contributed by atoms with Crippen molar-refractivity contribution in [1.29, 1.82) is 5.26 Å². The van der Waals surface area contributed by atoms with Gasteiger partial charge in [-0.15, -0.1) is 0 Å². The van der Waals surface area contributed by atoms with Gasteiger partial charge in [-0.25, -0.2) is 4.39 Å². The molecule has 0 saturated carbocycles. The van der Waals surface area contributed by atoms with E-state index in [4.69, 9.17) is 10.00 Å². The highest BCUT2D eigenvalue weighted by atomic mass is 79.9. The number of hydrogen-bond donors (Lipinski definition) is 0. The van der Waals surface area contributed by atoms with Gasteiger partial charge in [-0.2, -0.15) is 5.26 Å². The third kappa shape index (κ3) is 2.92. The van der Waals surface area contributed by atoms with Crippen LogP contribution in [0.1, 0.15) is 5.56 Å². The van der Waals surface area contributed by atoms with Crippen molar-refractivity contribution in [3.63, 3.8) is 0 Å². The molecule has 7 heteroatoms. The topological polar surface area (TPSA) is 76.2 Å². The molecule has 2 aromatic rings. The zero-order chi connectivity index (χ0) is 14.7. The quantitative estimate of drug-likeness (QED) is 0.622. The molecule has 0 unspecified atom stereocenters. The van der Waals surface area contributed by atoms with Gasteiger partial charge in [0.15, 0.2) is 0 Å². The first-order chi connectivity index (χ1) is 9.51. The number of nitrogens with zero attached hydrogens (tertiary/aromatic N) is 2. The van der Waals surface area contributed by atoms with Gasteiger partial charge in [0.1, 0.15) is 28.9 Å². The fraction of sp³-hybridized carbons (Fsp3) is 0. The maximum Gasteiger partial charge on any atom is 0.290 e. The Morgan fingerprint density at radius 1 is 1.30 bits per heavy atom. The summed E-state index contributed by atoms with van der Waals surface area (Å²) >= 11 is 3.13. The van der Waals surface area contributed by atoms with E-state index in [0.717, 1.165) is 6.07 Å². The second-order valence-electron chi connectivity index (χ2n) is 3.72. The molecular weight excluding hydrogens is 331 g/mol. The fourth-order valence-electron chi connectivity index (χ4n) is 1.51. The van der Waals surface area contributed by atoms with Crippen LogP contribution in [-0.2, 0) is 0 Å². The summed E-state index contributed by atoms with van der Waals surface area (Å²) in [5.74, 6) is 0.0587. The minimum atomic E-state index is -0.662. The fourth-order valence-corrected chi connectivity index (χ4v) is 1.94. The van der Waals surface area contributed by atoms with Crippen LogP contribution < -0.4 is 4.74 Å². The van der Waals surface area contributed by atoms with Gasteiger partial charge in [-0.3, -0.25) is 10.1 Å². The van der Waals surface area contributed by atoms with Crippen LogP contribution in [0.5, 0.6) is 11.5 Å². The zero-order valence-electron chi connectivity index (χ0n) is 9.84. The molecule has 100 valence electrons. The van der Waals surface area contributed by atoms with Gasteiger partial charge in [0, 0.05) is 0 Å². The SMILES string of the molecule is N#Cc1ccc(Oc2ccc(F)cc2Br)cc1[N+](=O)[O-]. The van der Waals surface area contributed by atoms with Crippen LogP contribution in [0, 0.1) is 27.3 Å². The molecule has 2 aromatic carbocycles. The van der Waals surface area contributed by atoms with E-state index in [1.54, 1.807) is 6.07 Å². The van der Waals surface area contributed by atoms with Crippen LogP contribution in [-0.4, -0.2) is 4.92 Å². The number of halogens is 2. The van der Waals surface area contributed by atoms with Crippen LogP contribution in [0.4, 0.5) is 10.1 Å². The van der Waals surface area contributed by atoms with E-state index in [-0.39, 0.29) is 17.0 Å². The van der Waals surface area contributed by atoms with Crippen molar-refractivity contribution in [2.24, 2.45) is 0 Å². The van der Waals surface area contributed by atoms with Crippen LogP contribution in [0.2, 0.25) is 0 Å². The largest absolute Gasteiger partial charge is 0.456 e. The molecule has 0 radical (unpaired) electrons. The van der Waals surface area contributed by atoms with Gasteiger partial charge < -0.3 is 4.74 Å². The molecule has 0 amide bonds. The molecule has 0 atom stereocenters. The van der Waals surface area contributed by atoms with Gasteiger partial charge >= 0.3 is 0 Å². The van der Waals surface area contributed by atoms with Crippen molar-refractivity contribution < 1.29 is 14.1 Å². The molecule has 0 fully saturated rings. The maximum atomic E-state index is 12.9. The normalized spacial score (nSPS) is 9.85. The second-order valence-corrected chi connectivity index (χ2v) is 4.58. The van der Waals surface area contributed by atoms with Gasteiger partial charge in [-0.1, -0.05) is 0 Å².